The van der Waals surface area contributed by atoms with Crippen LogP contribution in [0.2, 0.25) is 5.02 Å². The molecule has 2 heteroatoms. The topological polar surface area (TPSA) is 20.2 Å². The second-order valence-corrected chi connectivity index (χ2v) is 7.97. The van der Waals surface area contributed by atoms with Crippen molar-refractivity contribution < 1.29 is 5.11 Å². The molecule has 0 aromatic heterocycles. The van der Waals surface area contributed by atoms with E-state index >= 15 is 0 Å². The summed E-state index contributed by atoms with van der Waals surface area (Å²) < 4.78 is 0. The van der Waals surface area contributed by atoms with Crippen LogP contribution >= 0.6 is 11.6 Å². The molecule has 1 aromatic carbocycles. The highest BCUT2D eigenvalue weighted by molar-refractivity contribution is 6.31. The average Bonchev–Trinajstić information content (AvgIpc) is 2.41. The first kappa shape index (κ1) is 15.9. The molecule has 1 aliphatic carbocycles. The second-order valence-electron chi connectivity index (χ2n) is 7.57. The van der Waals surface area contributed by atoms with Gasteiger partial charge in [0.2, 0.25) is 0 Å². The molecule has 0 amide bonds. The van der Waals surface area contributed by atoms with Gasteiger partial charge in [-0.25, -0.2) is 0 Å². The van der Waals surface area contributed by atoms with E-state index in [2.05, 4.69) is 26.8 Å². The van der Waals surface area contributed by atoms with Gasteiger partial charge < -0.3 is 5.11 Å². The van der Waals surface area contributed by atoms with Crippen LogP contribution in [0.15, 0.2) is 24.3 Å². The van der Waals surface area contributed by atoms with Gasteiger partial charge in [-0.2, -0.15) is 0 Å². The van der Waals surface area contributed by atoms with Gasteiger partial charge in [-0.1, -0.05) is 50.6 Å². The molecule has 2 rings (SSSR count). The summed E-state index contributed by atoms with van der Waals surface area (Å²) in [5, 5.41) is 10.8. The highest BCUT2D eigenvalue weighted by Gasteiger charge is 2.38. The Kier molecular flexibility index (Phi) is 4.81. The fourth-order valence-electron chi connectivity index (χ4n) is 3.53. The Morgan fingerprint density at radius 2 is 1.80 bits per heavy atom. The summed E-state index contributed by atoms with van der Waals surface area (Å²) in [5.41, 5.74) is 1.59. The molecule has 20 heavy (non-hydrogen) atoms. The van der Waals surface area contributed by atoms with E-state index in [-0.39, 0.29) is 12.0 Å². The molecule has 1 aromatic rings. The number of rotatable bonds is 3. The minimum Gasteiger partial charge on any atom is -0.396 e. The van der Waals surface area contributed by atoms with Crippen LogP contribution in [0, 0.1) is 16.7 Å². The van der Waals surface area contributed by atoms with Gasteiger partial charge >= 0.3 is 0 Å². The molecule has 0 spiro atoms. The molecule has 1 fully saturated rings. The molecule has 1 N–H and O–H groups in total. The summed E-state index contributed by atoms with van der Waals surface area (Å²) in [7, 11) is 0. The molecule has 0 unspecified atom stereocenters. The third kappa shape index (κ3) is 3.56. The van der Waals surface area contributed by atoms with Gasteiger partial charge in [0.1, 0.15) is 0 Å². The fourth-order valence-corrected chi connectivity index (χ4v) is 3.74. The first-order chi connectivity index (χ1) is 9.36. The summed E-state index contributed by atoms with van der Waals surface area (Å²) >= 11 is 6.28. The zero-order valence-electron chi connectivity index (χ0n) is 13.0. The SMILES string of the molecule is CC(C)(C)C1CCC(CO)(Cc2ccccc2Cl)CC1. The van der Waals surface area contributed by atoms with E-state index in [9.17, 15) is 5.11 Å². The van der Waals surface area contributed by atoms with Crippen molar-refractivity contribution in [1.29, 1.82) is 0 Å². The monoisotopic (exact) mass is 294 g/mol. The molecule has 1 saturated carbocycles. The van der Waals surface area contributed by atoms with Crippen LogP contribution in [0.25, 0.3) is 0 Å². The van der Waals surface area contributed by atoms with Gasteiger partial charge in [0.15, 0.2) is 0 Å². The molecular weight excluding hydrogens is 268 g/mol. The Bertz CT molecular complexity index is 439. The quantitative estimate of drug-likeness (QED) is 0.822. The zero-order chi connectivity index (χ0) is 14.8. The standard InChI is InChI=1S/C18H27ClO/c1-17(2,3)15-8-10-18(13-20,11-9-15)12-14-6-4-5-7-16(14)19/h4-7,15,20H,8-13H2,1-3H3. The van der Waals surface area contributed by atoms with E-state index in [1.165, 1.54) is 18.4 Å². The Balaban J connectivity index is 2.08. The van der Waals surface area contributed by atoms with Gasteiger partial charge in [-0.3, -0.25) is 0 Å². The average molecular weight is 295 g/mol. The first-order valence-corrected chi connectivity index (χ1v) is 8.08. The van der Waals surface area contributed by atoms with E-state index < -0.39 is 0 Å². The normalized spacial score (nSPS) is 27.6. The predicted octanol–water partition coefficient (Wildman–Crippen LogP) is 5.10. The Hall–Kier alpha value is -0.530. The number of aliphatic hydroxyl groups is 1. The van der Waals surface area contributed by atoms with Crippen molar-refractivity contribution in [2.75, 3.05) is 6.61 Å². The second kappa shape index (κ2) is 6.07. The highest BCUT2D eigenvalue weighted by atomic mass is 35.5. The Morgan fingerprint density at radius 3 is 2.30 bits per heavy atom. The van der Waals surface area contributed by atoms with Gasteiger partial charge in [-0.15, -0.1) is 0 Å². The third-order valence-corrected chi connectivity index (χ3v) is 5.50. The number of hydrogen-bond donors (Lipinski definition) is 1. The van der Waals surface area contributed by atoms with E-state index in [0.29, 0.717) is 5.41 Å². The molecule has 0 saturated heterocycles. The van der Waals surface area contributed by atoms with Crippen LogP contribution in [0.3, 0.4) is 0 Å². The molecule has 0 atom stereocenters. The maximum Gasteiger partial charge on any atom is 0.0490 e. The molecule has 112 valence electrons. The van der Waals surface area contributed by atoms with Crippen molar-refractivity contribution in [2.24, 2.45) is 16.7 Å². The van der Waals surface area contributed by atoms with E-state index in [1.807, 2.05) is 18.2 Å². The lowest BCUT2D eigenvalue weighted by atomic mass is 9.62. The Morgan fingerprint density at radius 1 is 1.20 bits per heavy atom. The number of benzene rings is 1. The minimum absolute atomic E-state index is 0.0345. The smallest absolute Gasteiger partial charge is 0.0490 e. The number of hydrogen-bond acceptors (Lipinski definition) is 1. The predicted molar refractivity (Wildman–Crippen MR) is 86.1 cm³/mol. The van der Waals surface area contributed by atoms with E-state index in [0.717, 1.165) is 30.2 Å². The van der Waals surface area contributed by atoms with Crippen LogP contribution in [0.4, 0.5) is 0 Å². The van der Waals surface area contributed by atoms with E-state index in [1.54, 1.807) is 0 Å². The molecule has 0 heterocycles. The lowest BCUT2D eigenvalue weighted by Crippen LogP contribution is -2.36. The lowest BCUT2D eigenvalue weighted by Gasteiger charge is -2.43. The summed E-state index contributed by atoms with van der Waals surface area (Å²) in [6.45, 7) is 7.27. The minimum atomic E-state index is 0.0345. The maximum absolute atomic E-state index is 9.94. The van der Waals surface area contributed by atoms with Crippen molar-refractivity contribution in [3.05, 3.63) is 34.9 Å². The van der Waals surface area contributed by atoms with Crippen LogP contribution in [0.1, 0.15) is 52.0 Å². The first-order valence-electron chi connectivity index (χ1n) is 7.71. The molecule has 0 bridgehead atoms. The Labute approximate surface area is 128 Å². The van der Waals surface area contributed by atoms with Crippen molar-refractivity contribution in [2.45, 2.75) is 52.9 Å². The molecule has 1 aliphatic rings. The lowest BCUT2D eigenvalue weighted by molar-refractivity contribution is 0.0369. The molecule has 1 nitrogen and oxygen atoms in total. The summed E-state index contributed by atoms with van der Waals surface area (Å²) in [4.78, 5) is 0. The molecule has 0 aliphatic heterocycles. The van der Waals surface area contributed by atoms with Crippen LogP contribution in [-0.4, -0.2) is 11.7 Å². The van der Waals surface area contributed by atoms with Crippen LogP contribution in [0.5, 0.6) is 0 Å². The van der Waals surface area contributed by atoms with Crippen molar-refractivity contribution in [1.82, 2.24) is 0 Å². The van der Waals surface area contributed by atoms with E-state index in [4.69, 9.17) is 11.6 Å². The zero-order valence-corrected chi connectivity index (χ0v) is 13.7. The van der Waals surface area contributed by atoms with Crippen molar-refractivity contribution >= 4 is 11.6 Å². The molecular formula is C18H27ClO. The maximum atomic E-state index is 9.94. The van der Waals surface area contributed by atoms with Crippen LogP contribution in [-0.2, 0) is 6.42 Å². The fraction of sp³-hybridized carbons (Fsp3) is 0.667. The highest BCUT2D eigenvalue weighted by Crippen LogP contribution is 2.47. The summed E-state index contributed by atoms with van der Waals surface area (Å²) in [6, 6.07) is 8.04. The van der Waals surface area contributed by atoms with Crippen molar-refractivity contribution in [3.8, 4) is 0 Å². The summed E-state index contributed by atoms with van der Waals surface area (Å²) in [5.74, 6) is 0.772. The van der Waals surface area contributed by atoms with Gasteiger partial charge in [0.25, 0.3) is 0 Å². The third-order valence-electron chi connectivity index (χ3n) is 5.13. The largest absolute Gasteiger partial charge is 0.396 e. The van der Waals surface area contributed by atoms with Gasteiger partial charge in [0.05, 0.1) is 0 Å². The summed E-state index contributed by atoms with van der Waals surface area (Å²) in [6.07, 6.45) is 5.55. The molecule has 0 radical (unpaired) electrons. The van der Waals surface area contributed by atoms with Crippen molar-refractivity contribution in [3.63, 3.8) is 0 Å². The van der Waals surface area contributed by atoms with Gasteiger partial charge in [0, 0.05) is 11.6 Å². The number of aliphatic hydroxyl groups excluding tert-OH is 1. The number of halogens is 1. The van der Waals surface area contributed by atoms with Gasteiger partial charge in [-0.05, 0) is 60.5 Å². The van der Waals surface area contributed by atoms with Crippen LogP contribution < -0.4 is 0 Å².